The lowest BCUT2D eigenvalue weighted by Crippen LogP contribution is -2.22. The van der Waals surface area contributed by atoms with Crippen molar-refractivity contribution in [1.82, 2.24) is 24.3 Å². The van der Waals surface area contributed by atoms with Crippen LogP contribution in [-0.4, -0.2) is 58.7 Å². The fourth-order valence-corrected chi connectivity index (χ4v) is 3.60. The van der Waals surface area contributed by atoms with Crippen molar-refractivity contribution in [3.05, 3.63) is 65.6 Å². The summed E-state index contributed by atoms with van der Waals surface area (Å²) in [5.41, 5.74) is 4.10. The van der Waals surface area contributed by atoms with Crippen LogP contribution < -0.4 is 10.1 Å². The van der Waals surface area contributed by atoms with Gasteiger partial charge in [0.15, 0.2) is 0 Å². The Morgan fingerprint density at radius 1 is 1.12 bits per heavy atom. The minimum Gasteiger partial charge on any atom is -0.495 e. The Morgan fingerprint density at radius 3 is 2.81 bits per heavy atom. The molecule has 0 atom stereocenters. The lowest BCUT2D eigenvalue weighted by atomic mass is 10.1. The second-order valence-corrected chi connectivity index (χ2v) is 7.76. The second-order valence-electron chi connectivity index (χ2n) is 7.35. The third-order valence-electron chi connectivity index (χ3n) is 5.05. The predicted octanol–water partition coefficient (Wildman–Crippen LogP) is 4.28. The average molecular weight is 453 g/mol. The summed E-state index contributed by atoms with van der Waals surface area (Å²) in [5.74, 6) is 1.12. The van der Waals surface area contributed by atoms with E-state index < -0.39 is 0 Å². The summed E-state index contributed by atoms with van der Waals surface area (Å²) in [6.45, 7) is 2.33. The highest BCUT2D eigenvalue weighted by Crippen LogP contribution is 2.31. The summed E-state index contributed by atoms with van der Waals surface area (Å²) in [6, 6.07) is 11.8. The van der Waals surface area contributed by atoms with E-state index in [0.717, 1.165) is 35.7 Å². The van der Waals surface area contributed by atoms with Crippen LogP contribution in [0.1, 0.15) is 5.56 Å². The van der Waals surface area contributed by atoms with Crippen LogP contribution in [0.3, 0.4) is 0 Å². The fourth-order valence-electron chi connectivity index (χ4n) is 3.41. The predicted molar refractivity (Wildman–Crippen MR) is 126 cm³/mol. The topological polar surface area (TPSA) is 76.8 Å². The van der Waals surface area contributed by atoms with E-state index in [0.29, 0.717) is 29.0 Å². The zero-order valence-electron chi connectivity index (χ0n) is 18.2. The minimum atomic E-state index is 0.415. The van der Waals surface area contributed by atoms with Gasteiger partial charge in [-0.05, 0) is 36.9 Å². The summed E-state index contributed by atoms with van der Waals surface area (Å²) in [4.78, 5) is 15.6. The molecule has 4 aromatic rings. The van der Waals surface area contributed by atoms with Gasteiger partial charge in [0.05, 0.1) is 42.5 Å². The van der Waals surface area contributed by atoms with Gasteiger partial charge in [-0.15, -0.1) is 0 Å². The highest BCUT2D eigenvalue weighted by atomic mass is 35.5. The largest absolute Gasteiger partial charge is 0.495 e. The first kappa shape index (κ1) is 22.0. The van der Waals surface area contributed by atoms with Crippen molar-refractivity contribution in [1.29, 1.82) is 0 Å². The van der Waals surface area contributed by atoms with Crippen molar-refractivity contribution < 1.29 is 9.47 Å². The zero-order valence-corrected chi connectivity index (χ0v) is 19.0. The van der Waals surface area contributed by atoms with Crippen molar-refractivity contribution in [3.8, 4) is 17.1 Å². The Labute approximate surface area is 191 Å². The van der Waals surface area contributed by atoms with Crippen molar-refractivity contribution in [2.45, 2.75) is 6.54 Å². The number of aromatic nitrogens is 4. The summed E-state index contributed by atoms with van der Waals surface area (Å²) in [7, 11) is 5.41. The molecule has 8 nitrogen and oxygen atoms in total. The van der Waals surface area contributed by atoms with Crippen LogP contribution in [0.15, 0.2) is 55.0 Å². The minimum absolute atomic E-state index is 0.415. The molecule has 0 saturated carbocycles. The van der Waals surface area contributed by atoms with Gasteiger partial charge in [-0.3, -0.25) is 9.30 Å². The molecule has 166 valence electrons. The molecule has 9 heteroatoms. The van der Waals surface area contributed by atoms with Crippen LogP contribution in [0.4, 0.5) is 11.6 Å². The molecule has 0 unspecified atom stereocenters. The van der Waals surface area contributed by atoms with E-state index in [1.54, 1.807) is 26.6 Å². The highest BCUT2D eigenvalue weighted by molar-refractivity contribution is 6.32. The maximum Gasteiger partial charge on any atom is 0.227 e. The Hall–Kier alpha value is -3.20. The number of imidazole rings is 1. The number of nitrogens with one attached hydrogen (secondary N) is 1. The van der Waals surface area contributed by atoms with E-state index >= 15 is 0 Å². The van der Waals surface area contributed by atoms with Crippen molar-refractivity contribution in [2.24, 2.45) is 0 Å². The summed E-state index contributed by atoms with van der Waals surface area (Å²) < 4.78 is 12.7. The molecule has 0 fully saturated rings. The standard InChI is InChI=1S/C23H25ClN6O2/c1-29(10-11-31-2)15-16-7-8-18(20(12-16)32-3)27-23-26-13-17(24)22(28-23)19-14-25-21-6-4-5-9-30(19)21/h4-9,12-14H,10-11,15H2,1-3H3,(H,26,27,28). The number of anilines is 2. The number of hydrogen-bond acceptors (Lipinski definition) is 7. The summed E-state index contributed by atoms with van der Waals surface area (Å²) in [5, 5.41) is 3.69. The van der Waals surface area contributed by atoms with Gasteiger partial charge in [-0.25, -0.2) is 15.0 Å². The third kappa shape index (κ3) is 4.83. The van der Waals surface area contributed by atoms with Crippen LogP contribution in [0.2, 0.25) is 5.02 Å². The molecule has 0 aliphatic carbocycles. The molecule has 32 heavy (non-hydrogen) atoms. The number of likely N-dealkylation sites (N-methyl/N-ethyl adjacent to an activating group) is 1. The third-order valence-corrected chi connectivity index (χ3v) is 5.32. The summed E-state index contributed by atoms with van der Waals surface area (Å²) >= 11 is 6.42. The molecule has 3 aromatic heterocycles. The molecule has 1 aromatic carbocycles. The van der Waals surface area contributed by atoms with Crippen LogP contribution in [-0.2, 0) is 11.3 Å². The Kier molecular flexibility index (Phi) is 6.84. The van der Waals surface area contributed by atoms with E-state index in [4.69, 9.17) is 21.1 Å². The fraction of sp³-hybridized carbons (Fsp3) is 0.261. The molecule has 0 bridgehead atoms. The number of halogens is 1. The molecule has 0 aliphatic heterocycles. The molecule has 4 rings (SSSR count). The normalized spacial score (nSPS) is 11.3. The molecular weight excluding hydrogens is 428 g/mol. The number of ether oxygens (including phenoxy) is 2. The first-order valence-corrected chi connectivity index (χ1v) is 10.5. The van der Waals surface area contributed by atoms with E-state index in [1.807, 2.05) is 40.9 Å². The Morgan fingerprint density at radius 2 is 2.00 bits per heavy atom. The van der Waals surface area contributed by atoms with Gasteiger partial charge in [0, 0.05) is 26.4 Å². The van der Waals surface area contributed by atoms with E-state index in [9.17, 15) is 0 Å². The van der Waals surface area contributed by atoms with Crippen molar-refractivity contribution >= 4 is 28.9 Å². The van der Waals surface area contributed by atoms with Gasteiger partial charge in [0.2, 0.25) is 5.95 Å². The molecule has 0 spiro atoms. The lowest BCUT2D eigenvalue weighted by Gasteiger charge is -2.18. The van der Waals surface area contributed by atoms with E-state index in [2.05, 4.69) is 38.3 Å². The van der Waals surface area contributed by atoms with Crippen molar-refractivity contribution in [3.63, 3.8) is 0 Å². The molecule has 0 saturated heterocycles. The summed E-state index contributed by atoms with van der Waals surface area (Å²) in [6.07, 6.45) is 5.26. The van der Waals surface area contributed by atoms with Gasteiger partial charge >= 0.3 is 0 Å². The van der Waals surface area contributed by atoms with Gasteiger partial charge in [-0.1, -0.05) is 23.7 Å². The smallest absolute Gasteiger partial charge is 0.227 e. The number of nitrogens with zero attached hydrogens (tertiary/aromatic N) is 5. The van der Waals surface area contributed by atoms with Crippen LogP contribution in [0, 0.1) is 0 Å². The van der Waals surface area contributed by atoms with E-state index in [-0.39, 0.29) is 0 Å². The number of hydrogen-bond donors (Lipinski definition) is 1. The van der Waals surface area contributed by atoms with Crippen molar-refractivity contribution in [2.75, 3.05) is 39.7 Å². The van der Waals surface area contributed by atoms with Crippen LogP contribution in [0.5, 0.6) is 5.75 Å². The molecule has 0 radical (unpaired) electrons. The molecule has 1 N–H and O–H groups in total. The molecule has 0 amide bonds. The van der Waals surface area contributed by atoms with Gasteiger partial charge in [0.25, 0.3) is 0 Å². The second kappa shape index (κ2) is 9.95. The number of pyridine rings is 1. The Balaban J connectivity index is 1.58. The number of methoxy groups -OCH3 is 2. The maximum atomic E-state index is 6.42. The first-order chi connectivity index (χ1) is 15.6. The number of fused-ring (bicyclic) bond motifs is 1. The van der Waals surface area contributed by atoms with E-state index in [1.165, 1.54) is 0 Å². The Bertz CT molecular complexity index is 1210. The maximum absolute atomic E-state index is 6.42. The van der Waals surface area contributed by atoms with Crippen LogP contribution >= 0.6 is 11.6 Å². The molecule has 0 aliphatic rings. The number of rotatable bonds is 9. The number of benzene rings is 1. The molecule has 3 heterocycles. The monoisotopic (exact) mass is 452 g/mol. The van der Waals surface area contributed by atoms with Gasteiger partial charge in [0.1, 0.15) is 17.1 Å². The first-order valence-electron chi connectivity index (χ1n) is 10.2. The SMILES string of the molecule is COCCN(C)Cc1ccc(Nc2ncc(Cl)c(-c3cnc4ccccn34)n2)c(OC)c1. The van der Waals surface area contributed by atoms with Gasteiger partial charge < -0.3 is 14.8 Å². The molecular formula is C23H25ClN6O2. The quantitative estimate of drug-likeness (QED) is 0.406. The van der Waals surface area contributed by atoms with Crippen LogP contribution in [0.25, 0.3) is 17.0 Å². The highest BCUT2D eigenvalue weighted by Gasteiger charge is 2.14. The lowest BCUT2D eigenvalue weighted by molar-refractivity contribution is 0.158. The average Bonchev–Trinajstić information content (AvgIpc) is 3.24. The zero-order chi connectivity index (χ0) is 22.5. The van der Waals surface area contributed by atoms with Gasteiger partial charge in [-0.2, -0.15) is 0 Å².